The van der Waals surface area contributed by atoms with Gasteiger partial charge >= 0.3 is 6.03 Å². The van der Waals surface area contributed by atoms with E-state index in [9.17, 15) is 4.79 Å². The number of aryl methyl sites for hydroxylation is 1. The maximum Gasteiger partial charge on any atom is 0.315 e. The van der Waals surface area contributed by atoms with Gasteiger partial charge < -0.3 is 15.4 Å². The van der Waals surface area contributed by atoms with Crippen molar-refractivity contribution < 1.29 is 9.53 Å². The fraction of sp³-hybridized carbons (Fsp3) is 0.444. The minimum Gasteiger partial charge on any atom is -0.494 e. The van der Waals surface area contributed by atoms with Crippen molar-refractivity contribution in [3.63, 3.8) is 0 Å². The first-order valence-corrected chi connectivity index (χ1v) is 9.00. The molecule has 0 saturated heterocycles. The number of benzene rings is 1. The van der Waals surface area contributed by atoms with E-state index >= 15 is 0 Å². The highest BCUT2D eigenvalue weighted by Gasteiger charge is 2.21. The van der Waals surface area contributed by atoms with Crippen LogP contribution in [0.5, 0.6) is 5.75 Å². The van der Waals surface area contributed by atoms with Crippen molar-refractivity contribution in [3.8, 4) is 5.75 Å². The van der Waals surface area contributed by atoms with Crippen LogP contribution in [-0.2, 0) is 19.3 Å². The van der Waals surface area contributed by atoms with E-state index < -0.39 is 0 Å². The third-order valence-electron chi connectivity index (χ3n) is 4.35. The Morgan fingerprint density at radius 1 is 1.48 bits per heavy atom. The van der Waals surface area contributed by atoms with Gasteiger partial charge in [-0.25, -0.2) is 4.79 Å². The van der Waals surface area contributed by atoms with Crippen LogP contribution in [-0.4, -0.2) is 35.4 Å². The highest BCUT2D eigenvalue weighted by molar-refractivity contribution is 6.30. The van der Waals surface area contributed by atoms with Crippen LogP contribution in [0.3, 0.4) is 0 Å². The third-order valence-corrected chi connectivity index (χ3v) is 4.59. The molecule has 7 heteroatoms. The maximum absolute atomic E-state index is 12.1. The minimum absolute atomic E-state index is 0.142. The van der Waals surface area contributed by atoms with E-state index in [2.05, 4.69) is 20.8 Å². The molecule has 3 N–H and O–H groups in total. The third kappa shape index (κ3) is 4.66. The van der Waals surface area contributed by atoms with Crippen LogP contribution in [0.1, 0.15) is 30.2 Å². The van der Waals surface area contributed by atoms with Crippen molar-refractivity contribution in [2.24, 2.45) is 0 Å². The first-order valence-electron chi connectivity index (χ1n) is 8.62. The predicted molar refractivity (Wildman–Crippen MR) is 97.3 cm³/mol. The number of urea groups is 1. The number of H-pyrrole nitrogens is 1. The van der Waals surface area contributed by atoms with Crippen molar-refractivity contribution in [2.75, 3.05) is 13.2 Å². The van der Waals surface area contributed by atoms with Gasteiger partial charge in [-0.3, -0.25) is 5.10 Å². The summed E-state index contributed by atoms with van der Waals surface area (Å²) in [5.74, 6) is 0.814. The summed E-state index contributed by atoms with van der Waals surface area (Å²) >= 11 is 6.06. The van der Waals surface area contributed by atoms with E-state index in [1.54, 1.807) is 0 Å². The molecule has 0 radical (unpaired) electrons. The summed E-state index contributed by atoms with van der Waals surface area (Å²) in [6.07, 6.45) is 5.17. The zero-order valence-corrected chi connectivity index (χ0v) is 15.0. The summed E-state index contributed by atoms with van der Waals surface area (Å²) in [7, 11) is 0. The lowest BCUT2D eigenvalue weighted by molar-refractivity contribution is 0.235. The van der Waals surface area contributed by atoms with Gasteiger partial charge in [-0.2, -0.15) is 5.10 Å². The first kappa shape index (κ1) is 17.6. The number of fused-ring (bicyclic) bond motifs is 1. The molecular weight excluding hydrogens is 340 g/mol. The Balaban J connectivity index is 1.46. The van der Waals surface area contributed by atoms with Gasteiger partial charge in [-0.1, -0.05) is 11.6 Å². The molecule has 0 bridgehead atoms. The molecule has 0 saturated carbocycles. The van der Waals surface area contributed by atoms with Gasteiger partial charge in [0, 0.05) is 23.3 Å². The summed E-state index contributed by atoms with van der Waals surface area (Å²) in [5.41, 5.74) is 3.37. The number of aromatic nitrogens is 2. The van der Waals surface area contributed by atoms with Gasteiger partial charge in [0.1, 0.15) is 5.75 Å². The molecule has 1 aromatic carbocycles. The van der Waals surface area contributed by atoms with Crippen LogP contribution < -0.4 is 15.4 Å². The highest BCUT2D eigenvalue weighted by Crippen LogP contribution is 2.23. The molecule has 0 fully saturated rings. The van der Waals surface area contributed by atoms with Crippen molar-refractivity contribution in [1.29, 1.82) is 0 Å². The molecule has 1 heterocycles. The lowest BCUT2D eigenvalue weighted by Crippen LogP contribution is -2.44. The summed E-state index contributed by atoms with van der Waals surface area (Å²) in [4.78, 5) is 12.1. The number of carbonyl (C=O) groups excluding carboxylic acids is 1. The van der Waals surface area contributed by atoms with Crippen LogP contribution in [0.25, 0.3) is 0 Å². The standard InChI is InChI=1S/C18H23ClN4O2/c1-2-25-17-6-3-14(19)9-12(17)7-8-20-18(24)22-15-4-5-16-13(10-15)11-21-23-16/h3,6,9,11,15H,2,4-5,7-8,10H2,1H3,(H,21,23)(H2,20,22,24). The summed E-state index contributed by atoms with van der Waals surface area (Å²) in [5, 5.41) is 13.7. The van der Waals surface area contributed by atoms with Crippen LogP contribution in [0.2, 0.25) is 5.02 Å². The van der Waals surface area contributed by atoms with Gasteiger partial charge in [-0.15, -0.1) is 0 Å². The Morgan fingerprint density at radius 3 is 3.20 bits per heavy atom. The average Bonchev–Trinajstić information content (AvgIpc) is 3.05. The zero-order valence-electron chi connectivity index (χ0n) is 14.3. The molecule has 2 amide bonds. The monoisotopic (exact) mass is 362 g/mol. The number of hydrogen-bond acceptors (Lipinski definition) is 3. The number of carbonyl (C=O) groups is 1. The SMILES string of the molecule is CCOc1ccc(Cl)cc1CCNC(=O)NC1CCc2[nH]ncc2C1. The number of rotatable bonds is 6. The van der Waals surface area contributed by atoms with Crippen LogP contribution in [0.4, 0.5) is 4.79 Å². The van der Waals surface area contributed by atoms with Gasteiger partial charge in [0.25, 0.3) is 0 Å². The molecule has 2 aromatic rings. The Bertz CT molecular complexity index is 732. The lowest BCUT2D eigenvalue weighted by atomic mass is 9.94. The van der Waals surface area contributed by atoms with Crippen molar-refractivity contribution in [3.05, 3.63) is 46.2 Å². The quantitative estimate of drug-likeness (QED) is 0.739. The summed E-state index contributed by atoms with van der Waals surface area (Å²) in [6, 6.07) is 5.57. The Labute approximate surface area is 152 Å². The van der Waals surface area contributed by atoms with Gasteiger partial charge in [0.15, 0.2) is 0 Å². The van der Waals surface area contributed by atoms with Crippen LogP contribution in [0, 0.1) is 0 Å². The van der Waals surface area contributed by atoms with Gasteiger partial charge in [0.05, 0.1) is 12.8 Å². The molecule has 1 aliphatic rings. The number of nitrogens with one attached hydrogen (secondary N) is 3. The van der Waals surface area contributed by atoms with E-state index in [0.717, 1.165) is 30.6 Å². The first-order chi connectivity index (χ1) is 12.2. The normalized spacial score (nSPS) is 16.2. The predicted octanol–water partition coefficient (Wildman–Crippen LogP) is 2.86. The number of nitrogens with zero attached hydrogens (tertiary/aromatic N) is 1. The largest absolute Gasteiger partial charge is 0.494 e. The number of amides is 2. The van der Waals surface area contributed by atoms with Crippen molar-refractivity contribution in [1.82, 2.24) is 20.8 Å². The highest BCUT2D eigenvalue weighted by atomic mass is 35.5. The maximum atomic E-state index is 12.1. The summed E-state index contributed by atoms with van der Waals surface area (Å²) < 4.78 is 5.60. The van der Waals surface area contributed by atoms with E-state index in [1.807, 2.05) is 31.3 Å². The molecule has 1 aromatic heterocycles. The second kappa shape index (κ2) is 8.25. The zero-order chi connectivity index (χ0) is 17.6. The topological polar surface area (TPSA) is 79.0 Å². The molecular formula is C18H23ClN4O2. The molecule has 0 aliphatic heterocycles. The Hall–Kier alpha value is -2.21. The lowest BCUT2D eigenvalue weighted by Gasteiger charge is -2.23. The molecule has 6 nitrogen and oxygen atoms in total. The molecule has 3 rings (SSSR count). The average molecular weight is 363 g/mol. The fourth-order valence-corrected chi connectivity index (χ4v) is 3.32. The molecule has 134 valence electrons. The number of halogens is 1. The van der Waals surface area contributed by atoms with Gasteiger partial charge in [-0.05, 0) is 61.9 Å². The van der Waals surface area contributed by atoms with Crippen LogP contribution >= 0.6 is 11.6 Å². The Morgan fingerprint density at radius 2 is 2.36 bits per heavy atom. The van der Waals surface area contributed by atoms with Crippen molar-refractivity contribution in [2.45, 2.75) is 38.6 Å². The molecule has 1 atom stereocenters. The molecule has 1 aliphatic carbocycles. The number of aromatic amines is 1. The van der Waals surface area contributed by atoms with Crippen molar-refractivity contribution >= 4 is 17.6 Å². The smallest absolute Gasteiger partial charge is 0.315 e. The second-order valence-electron chi connectivity index (χ2n) is 6.15. The van der Waals surface area contributed by atoms with E-state index in [4.69, 9.17) is 16.3 Å². The number of hydrogen-bond donors (Lipinski definition) is 3. The second-order valence-corrected chi connectivity index (χ2v) is 6.59. The van der Waals surface area contributed by atoms with E-state index in [1.165, 1.54) is 11.3 Å². The molecule has 25 heavy (non-hydrogen) atoms. The van der Waals surface area contributed by atoms with E-state index in [-0.39, 0.29) is 12.1 Å². The fourth-order valence-electron chi connectivity index (χ4n) is 3.13. The number of ether oxygens (including phenoxy) is 1. The minimum atomic E-state index is -0.142. The van der Waals surface area contributed by atoms with E-state index in [0.29, 0.717) is 24.6 Å². The molecule has 0 spiro atoms. The molecule has 1 unspecified atom stereocenters. The van der Waals surface area contributed by atoms with Crippen LogP contribution in [0.15, 0.2) is 24.4 Å². The van der Waals surface area contributed by atoms with Gasteiger partial charge in [0.2, 0.25) is 0 Å². The Kier molecular flexibility index (Phi) is 5.81. The summed E-state index contributed by atoms with van der Waals surface area (Å²) in [6.45, 7) is 3.07.